The molecule has 1 N–H and O–H groups in total. The van der Waals surface area contributed by atoms with Gasteiger partial charge < -0.3 is 14.6 Å². The number of carbonyl (C=O) groups excluding carboxylic acids is 1. The first-order valence-corrected chi connectivity index (χ1v) is 7.65. The molecule has 3 rings (SSSR count). The van der Waals surface area contributed by atoms with Gasteiger partial charge in [-0.05, 0) is 17.7 Å². The van der Waals surface area contributed by atoms with E-state index in [1.54, 1.807) is 12.1 Å². The Kier molecular flexibility index (Phi) is 4.49. The normalized spacial score (nSPS) is 11.6. The zero-order chi connectivity index (χ0) is 19.1. The van der Waals surface area contributed by atoms with Crippen molar-refractivity contribution in [3.63, 3.8) is 0 Å². The standard InChI is InChI=1S/C16H12ClF3N4O2/c1-24(2)15(25)26-11-5-3-4-8-9(6-21-13(8)11)12-10(16(18,19)20)7-22-14(17)23-12/h3-7,21H,1-2H3. The Morgan fingerprint density at radius 1 is 1.31 bits per heavy atom. The molecule has 0 radical (unpaired) electrons. The number of ether oxygens (including phenoxy) is 1. The van der Waals surface area contributed by atoms with Gasteiger partial charge in [-0.1, -0.05) is 12.1 Å². The number of aromatic nitrogens is 3. The topological polar surface area (TPSA) is 71.1 Å². The molecule has 2 aromatic heterocycles. The fraction of sp³-hybridized carbons (Fsp3) is 0.188. The number of nitrogens with one attached hydrogen (secondary N) is 1. The molecule has 0 aliphatic rings. The number of rotatable bonds is 2. The number of benzene rings is 1. The van der Waals surface area contributed by atoms with Gasteiger partial charge in [-0.15, -0.1) is 0 Å². The minimum atomic E-state index is -4.65. The third-order valence-corrected chi connectivity index (χ3v) is 3.74. The van der Waals surface area contributed by atoms with E-state index in [1.807, 2.05) is 0 Å². The predicted molar refractivity (Wildman–Crippen MR) is 89.0 cm³/mol. The van der Waals surface area contributed by atoms with Crippen LogP contribution < -0.4 is 4.74 Å². The van der Waals surface area contributed by atoms with Gasteiger partial charge in [0.05, 0.1) is 11.2 Å². The second-order valence-corrected chi connectivity index (χ2v) is 5.88. The number of para-hydroxylation sites is 1. The predicted octanol–water partition coefficient (Wildman–Crippen LogP) is 4.36. The van der Waals surface area contributed by atoms with Crippen molar-refractivity contribution in [2.24, 2.45) is 0 Å². The number of amides is 1. The first-order valence-electron chi connectivity index (χ1n) is 7.28. The fourth-order valence-corrected chi connectivity index (χ4v) is 2.50. The Morgan fingerprint density at radius 2 is 2.04 bits per heavy atom. The Morgan fingerprint density at radius 3 is 2.69 bits per heavy atom. The molecule has 0 saturated carbocycles. The molecule has 0 spiro atoms. The molecule has 1 amide bonds. The van der Waals surface area contributed by atoms with E-state index in [1.165, 1.54) is 31.3 Å². The lowest BCUT2D eigenvalue weighted by Gasteiger charge is -2.12. The van der Waals surface area contributed by atoms with Crippen LogP contribution >= 0.6 is 11.6 Å². The molecule has 0 unspecified atom stereocenters. The second kappa shape index (κ2) is 6.49. The van der Waals surface area contributed by atoms with Gasteiger partial charge in [0, 0.05) is 37.4 Å². The second-order valence-electron chi connectivity index (χ2n) is 5.54. The minimum absolute atomic E-state index is 0.166. The van der Waals surface area contributed by atoms with Crippen LogP contribution in [0.3, 0.4) is 0 Å². The molecule has 6 nitrogen and oxygen atoms in total. The maximum atomic E-state index is 13.3. The maximum Gasteiger partial charge on any atom is 0.419 e. The summed E-state index contributed by atoms with van der Waals surface area (Å²) in [7, 11) is 3.03. The van der Waals surface area contributed by atoms with E-state index >= 15 is 0 Å². The van der Waals surface area contributed by atoms with Crippen LogP contribution in [-0.2, 0) is 6.18 Å². The highest BCUT2D eigenvalue weighted by atomic mass is 35.5. The van der Waals surface area contributed by atoms with Crippen molar-refractivity contribution in [1.82, 2.24) is 19.9 Å². The molecule has 1 aromatic carbocycles. The van der Waals surface area contributed by atoms with Crippen LogP contribution in [0.15, 0.2) is 30.6 Å². The number of carbonyl (C=O) groups is 1. The van der Waals surface area contributed by atoms with E-state index in [0.717, 1.165) is 0 Å². The van der Waals surface area contributed by atoms with Crippen LogP contribution in [0.1, 0.15) is 5.56 Å². The molecule has 136 valence electrons. The lowest BCUT2D eigenvalue weighted by Crippen LogP contribution is -2.25. The zero-order valence-corrected chi connectivity index (χ0v) is 14.3. The monoisotopic (exact) mass is 384 g/mol. The molecule has 10 heteroatoms. The quantitative estimate of drug-likeness (QED) is 0.666. The lowest BCUT2D eigenvalue weighted by molar-refractivity contribution is -0.137. The van der Waals surface area contributed by atoms with Crippen molar-refractivity contribution in [3.05, 3.63) is 41.4 Å². The van der Waals surface area contributed by atoms with E-state index < -0.39 is 17.8 Å². The number of H-pyrrole nitrogens is 1. The van der Waals surface area contributed by atoms with Crippen molar-refractivity contribution in [3.8, 4) is 17.0 Å². The molecule has 0 aliphatic carbocycles. The van der Waals surface area contributed by atoms with Crippen LogP contribution in [0.25, 0.3) is 22.2 Å². The van der Waals surface area contributed by atoms with Crippen molar-refractivity contribution >= 4 is 28.6 Å². The van der Waals surface area contributed by atoms with Crippen LogP contribution in [-0.4, -0.2) is 40.0 Å². The first kappa shape index (κ1) is 18.0. The third kappa shape index (κ3) is 3.30. The average Bonchev–Trinajstić information content (AvgIpc) is 2.98. The first-order chi connectivity index (χ1) is 12.2. The summed E-state index contributed by atoms with van der Waals surface area (Å²) in [6.45, 7) is 0. The summed E-state index contributed by atoms with van der Waals surface area (Å²) in [6.07, 6.45) is -3.28. The zero-order valence-electron chi connectivity index (χ0n) is 13.6. The minimum Gasteiger partial charge on any atom is -0.408 e. The van der Waals surface area contributed by atoms with Crippen molar-refractivity contribution in [2.45, 2.75) is 6.18 Å². The molecular weight excluding hydrogens is 373 g/mol. The van der Waals surface area contributed by atoms with Crippen molar-refractivity contribution < 1.29 is 22.7 Å². The Balaban J connectivity index is 2.17. The summed E-state index contributed by atoms with van der Waals surface area (Å²) in [5, 5.41) is 0.0897. The van der Waals surface area contributed by atoms with E-state index in [9.17, 15) is 18.0 Å². The van der Waals surface area contributed by atoms with Crippen LogP contribution in [0.4, 0.5) is 18.0 Å². The average molecular weight is 385 g/mol. The van der Waals surface area contributed by atoms with Gasteiger partial charge in [0.1, 0.15) is 5.56 Å². The summed E-state index contributed by atoms with van der Waals surface area (Å²) < 4.78 is 45.1. The number of nitrogens with zero attached hydrogens (tertiary/aromatic N) is 3. The molecule has 0 aliphatic heterocycles. The molecule has 26 heavy (non-hydrogen) atoms. The largest absolute Gasteiger partial charge is 0.419 e. The summed E-state index contributed by atoms with van der Waals surface area (Å²) in [5.41, 5.74) is -0.849. The van der Waals surface area contributed by atoms with Crippen molar-refractivity contribution in [2.75, 3.05) is 14.1 Å². The lowest BCUT2D eigenvalue weighted by atomic mass is 10.1. The molecule has 0 atom stereocenters. The molecular formula is C16H12ClF3N4O2. The van der Waals surface area contributed by atoms with Gasteiger partial charge in [-0.3, -0.25) is 0 Å². The number of hydrogen-bond donors (Lipinski definition) is 1. The summed E-state index contributed by atoms with van der Waals surface area (Å²) in [5.74, 6) is 0.182. The molecule has 2 heterocycles. The van der Waals surface area contributed by atoms with Gasteiger partial charge in [-0.2, -0.15) is 13.2 Å². The van der Waals surface area contributed by atoms with E-state index in [0.29, 0.717) is 17.1 Å². The fourth-order valence-electron chi connectivity index (χ4n) is 2.37. The SMILES string of the molecule is CN(C)C(=O)Oc1cccc2c(-c3nc(Cl)ncc3C(F)(F)F)c[nH]c12. The Hall–Kier alpha value is -2.81. The highest BCUT2D eigenvalue weighted by Crippen LogP contribution is 2.40. The Labute approximate surface area is 150 Å². The maximum absolute atomic E-state index is 13.3. The summed E-state index contributed by atoms with van der Waals surface area (Å²) >= 11 is 5.70. The van der Waals surface area contributed by atoms with E-state index in [4.69, 9.17) is 16.3 Å². The van der Waals surface area contributed by atoms with Gasteiger partial charge in [-0.25, -0.2) is 14.8 Å². The summed E-state index contributed by atoms with van der Waals surface area (Å²) in [6, 6.07) is 4.68. The van der Waals surface area contributed by atoms with Gasteiger partial charge in [0.15, 0.2) is 5.75 Å². The Bertz CT molecular complexity index is 985. The van der Waals surface area contributed by atoms with E-state index in [2.05, 4.69) is 15.0 Å². The van der Waals surface area contributed by atoms with Crippen molar-refractivity contribution in [1.29, 1.82) is 0 Å². The highest BCUT2D eigenvalue weighted by molar-refractivity contribution is 6.28. The molecule has 0 fully saturated rings. The van der Waals surface area contributed by atoms with Gasteiger partial charge in [0.2, 0.25) is 5.28 Å². The summed E-state index contributed by atoms with van der Waals surface area (Å²) in [4.78, 5) is 23.0. The van der Waals surface area contributed by atoms with Crippen LogP contribution in [0.5, 0.6) is 5.75 Å². The number of fused-ring (bicyclic) bond motifs is 1. The highest BCUT2D eigenvalue weighted by Gasteiger charge is 2.36. The van der Waals surface area contributed by atoms with Crippen LogP contribution in [0.2, 0.25) is 5.28 Å². The van der Waals surface area contributed by atoms with Crippen LogP contribution in [0, 0.1) is 0 Å². The van der Waals surface area contributed by atoms with Gasteiger partial charge in [0.25, 0.3) is 0 Å². The third-order valence-electron chi connectivity index (χ3n) is 3.56. The number of halogens is 4. The van der Waals surface area contributed by atoms with Gasteiger partial charge >= 0.3 is 12.3 Å². The molecule has 0 saturated heterocycles. The van der Waals surface area contributed by atoms with E-state index in [-0.39, 0.29) is 22.3 Å². The number of hydrogen-bond acceptors (Lipinski definition) is 4. The number of alkyl halides is 3. The smallest absolute Gasteiger partial charge is 0.408 e. The number of aromatic amines is 1. The molecule has 3 aromatic rings. The molecule has 0 bridgehead atoms.